The first-order valence-electron chi connectivity index (χ1n) is 4.54. The second-order valence-corrected chi connectivity index (χ2v) is 2.80. The average Bonchev–Trinajstić information content (AvgIpc) is 2.19. The predicted octanol–water partition coefficient (Wildman–Crippen LogP) is 1.74. The van der Waals surface area contributed by atoms with Gasteiger partial charge < -0.3 is 15.8 Å². The van der Waals surface area contributed by atoms with E-state index >= 15 is 0 Å². The second kappa shape index (κ2) is 5.33. The Morgan fingerprint density at radius 1 is 1.53 bits per heavy atom. The SMILES string of the molecule is CCOc1nc(NCC(F)F)ccc1N. The van der Waals surface area contributed by atoms with E-state index in [0.717, 1.165) is 0 Å². The molecule has 0 unspecified atom stereocenters. The minimum atomic E-state index is -2.42. The Balaban J connectivity index is 2.69. The van der Waals surface area contributed by atoms with Gasteiger partial charge >= 0.3 is 0 Å². The van der Waals surface area contributed by atoms with E-state index in [4.69, 9.17) is 10.5 Å². The van der Waals surface area contributed by atoms with Crippen LogP contribution in [0.15, 0.2) is 12.1 Å². The molecule has 1 aromatic rings. The Morgan fingerprint density at radius 3 is 2.87 bits per heavy atom. The summed E-state index contributed by atoms with van der Waals surface area (Å²) in [4.78, 5) is 3.94. The zero-order valence-electron chi connectivity index (χ0n) is 8.34. The van der Waals surface area contributed by atoms with E-state index in [1.54, 1.807) is 13.0 Å². The molecule has 0 radical (unpaired) electrons. The molecule has 0 aliphatic carbocycles. The summed E-state index contributed by atoms with van der Waals surface area (Å²) in [6.07, 6.45) is -2.42. The van der Waals surface area contributed by atoms with Crippen LogP contribution in [0.1, 0.15) is 6.92 Å². The summed E-state index contributed by atoms with van der Waals surface area (Å²) in [6.45, 7) is 1.78. The van der Waals surface area contributed by atoms with Crippen LogP contribution in [-0.2, 0) is 0 Å². The lowest BCUT2D eigenvalue weighted by atomic mass is 10.4. The fourth-order valence-corrected chi connectivity index (χ4v) is 0.984. The van der Waals surface area contributed by atoms with Crippen molar-refractivity contribution in [2.24, 2.45) is 0 Å². The molecule has 0 aromatic carbocycles. The molecule has 0 aliphatic rings. The normalized spacial score (nSPS) is 10.4. The molecule has 84 valence electrons. The zero-order valence-corrected chi connectivity index (χ0v) is 8.34. The van der Waals surface area contributed by atoms with Crippen molar-refractivity contribution in [1.82, 2.24) is 4.98 Å². The van der Waals surface area contributed by atoms with Gasteiger partial charge in [-0.05, 0) is 19.1 Å². The molecule has 0 aliphatic heterocycles. The second-order valence-electron chi connectivity index (χ2n) is 2.80. The van der Waals surface area contributed by atoms with Gasteiger partial charge in [0, 0.05) is 0 Å². The number of halogens is 2. The minimum Gasteiger partial charge on any atom is -0.476 e. The summed E-state index contributed by atoms with van der Waals surface area (Å²) in [5.74, 6) is 0.588. The lowest BCUT2D eigenvalue weighted by molar-refractivity contribution is 0.163. The highest BCUT2D eigenvalue weighted by Crippen LogP contribution is 2.20. The van der Waals surface area contributed by atoms with E-state index in [0.29, 0.717) is 18.1 Å². The molecule has 1 heterocycles. The van der Waals surface area contributed by atoms with Crippen LogP contribution in [0.2, 0.25) is 0 Å². The topological polar surface area (TPSA) is 60.2 Å². The third kappa shape index (κ3) is 3.57. The van der Waals surface area contributed by atoms with Crippen LogP contribution in [-0.4, -0.2) is 24.6 Å². The molecule has 0 saturated heterocycles. The number of nitrogens with zero attached hydrogens (tertiary/aromatic N) is 1. The summed E-state index contributed by atoms with van der Waals surface area (Å²) in [5, 5.41) is 2.47. The van der Waals surface area contributed by atoms with Crippen LogP contribution >= 0.6 is 0 Å². The van der Waals surface area contributed by atoms with Crippen molar-refractivity contribution in [2.75, 3.05) is 24.2 Å². The standard InChI is InChI=1S/C9H13F2N3O/c1-2-15-9-6(12)3-4-8(14-9)13-5-7(10)11/h3-4,7H,2,5,12H2,1H3,(H,13,14). The summed E-state index contributed by atoms with van der Waals surface area (Å²) in [7, 11) is 0. The highest BCUT2D eigenvalue weighted by molar-refractivity contribution is 5.53. The van der Waals surface area contributed by atoms with Crippen molar-refractivity contribution in [1.29, 1.82) is 0 Å². The molecular weight excluding hydrogens is 204 g/mol. The van der Waals surface area contributed by atoms with Crippen molar-refractivity contribution >= 4 is 11.5 Å². The number of anilines is 2. The fraction of sp³-hybridized carbons (Fsp3) is 0.444. The Bertz CT molecular complexity index is 320. The van der Waals surface area contributed by atoms with Crippen molar-refractivity contribution in [3.63, 3.8) is 0 Å². The minimum absolute atomic E-state index is 0.261. The van der Waals surface area contributed by atoms with Gasteiger partial charge in [0.05, 0.1) is 18.8 Å². The number of hydrogen-bond donors (Lipinski definition) is 2. The molecule has 1 rings (SSSR count). The lowest BCUT2D eigenvalue weighted by Gasteiger charge is -2.09. The summed E-state index contributed by atoms with van der Waals surface area (Å²) in [5.41, 5.74) is 5.96. The quantitative estimate of drug-likeness (QED) is 0.788. The fourth-order valence-electron chi connectivity index (χ4n) is 0.984. The Kier molecular flexibility index (Phi) is 4.08. The van der Waals surface area contributed by atoms with Gasteiger partial charge in [-0.1, -0.05) is 0 Å². The largest absolute Gasteiger partial charge is 0.476 e. The summed E-state index contributed by atoms with van der Waals surface area (Å²) >= 11 is 0. The maximum absolute atomic E-state index is 11.9. The van der Waals surface area contributed by atoms with E-state index in [9.17, 15) is 8.78 Å². The molecule has 4 nitrogen and oxygen atoms in total. The highest BCUT2D eigenvalue weighted by Gasteiger charge is 2.06. The van der Waals surface area contributed by atoms with Gasteiger partial charge in [0.25, 0.3) is 6.43 Å². The predicted molar refractivity (Wildman–Crippen MR) is 54.3 cm³/mol. The first kappa shape index (κ1) is 11.5. The maximum Gasteiger partial charge on any atom is 0.255 e. The van der Waals surface area contributed by atoms with Crippen molar-refractivity contribution in [3.8, 4) is 5.88 Å². The third-order valence-electron chi connectivity index (χ3n) is 1.61. The molecule has 0 atom stereocenters. The summed E-state index contributed by atoms with van der Waals surface area (Å²) in [6, 6.07) is 3.09. The van der Waals surface area contributed by atoms with E-state index < -0.39 is 13.0 Å². The number of hydrogen-bond acceptors (Lipinski definition) is 4. The van der Waals surface area contributed by atoms with Crippen molar-refractivity contribution in [3.05, 3.63) is 12.1 Å². The number of nitrogen functional groups attached to an aromatic ring is 1. The summed E-state index contributed by atoms with van der Waals surface area (Å²) < 4.78 is 28.9. The Labute approximate surface area is 86.4 Å². The first-order valence-corrected chi connectivity index (χ1v) is 4.54. The Hall–Kier alpha value is -1.59. The van der Waals surface area contributed by atoms with Crippen LogP contribution < -0.4 is 15.8 Å². The highest BCUT2D eigenvalue weighted by atomic mass is 19.3. The molecule has 6 heteroatoms. The monoisotopic (exact) mass is 217 g/mol. The smallest absolute Gasteiger partial charge is 0.255 e. The van der Waals surface area contributed by atoms with E-state index in [1.165, 1.54) is 6.07 Å². The maximum atomic E-state index is 11.9. The molecular formula is C9H13F2N3O. The third-order valence-corrected chi connectivity index (χ3v) is 1.61. The van der Waals surface area contributed by atoms with Crippen LogP contribution in [0.25, 0.3) is 0 Å². The van der Waals surface area contributed by atoms with Gasteiger partial charge in [0.15, 0.2) is 0 Å². The zero-order chi connectivity index (χ0) is 11.3. The van der Waals surface area contributed by atoms with Gasteiger partial charge in [0.2, 0.25) is 5.88 Å². The molecule has 0 fully saturated rings. The number of nitrogens with one attached hydrogen (secondary N) is 1. The van der Waals surface area contributed by atoms with Crippen LogP contribution in [0.5, 0.6) is 5.88 Å². The van der Waals surface area contributed by atoms with E-state index in [1.807, 2.05) is 0 Å². The molecule has 0 bridgehead atoms. The number of aromatic nitrogens is 1. The van der Waals surface area contributed by atoms with Gasteiger partial charge in [-0.2, -0.15) is 4.98 Å². The van der Waals surface area contributed by atoms with Crippen LogP contribution in [0, 0.1) is 0 Å². The van der Waals surface area contributed by atoms with Crippen molar-refractivity contribution in [2.45, 2.75) is 13.3 Å². The number of alkyl halides is 2. The average molecular weight is 217 g/mol. The lowest BCUT2D eigenvalue weighted by Crippen LogP contribution is -2.12. The number of rotatable bonds is 5. The van der Waals surface area contributed by atoms with Gasteiger partial charge in [-0.25, -0.2) is 8.78 Å². The number of pyridine rings is 1. The van der Waals surface area contributed by atoms with Crippen LogP contribution in [0.4, 0.5) is 20.3 Å². The van der Waals surface area contributed by atoms with Crippen LogP contribution in [0.3, 0.4) is 0 Å². The van der Waals surface area contributed by atoms with Gasteiger partial charge in [0.1, 0.15) is 5.82 Å². The first-order chi connectivity index (χ1) is 7.13. The molecule has 3 N–H and O–H groups in total. The molecule has 15 heavy (non-hydrogen) atoms. The van der Waals surface area contributed by atoms with E-state index in [-0.39, 0.29) is 5.88 Å². The Morgan fingerprint density at radius 2 is 2.27 bits per heavy atom. The van der Waals surface area contributed by atoms with Gasteiger partial charge in [-0.15, -0.1) is 0 Å². The van der Waals surface area contributed by atoms with Gasteiger partial charge in [-0.3, -0.25) is 0 Å². The molecule has 1 aromatic heterocycles. The molecule has 0 amide bonds. The number of nitrogens with two attached hydrogens (primary N) is 1. The molecule has 0 spiro atoms. The number of ether oxygens (including phenoxy) is 1. The molecule has 0 saturated carbocycles. The van der Waals surface area contributed by atoms with Crippen molar-refractivity contribution < 1.29 is 13.5 Å². The van der Waals surface area contributed by atoms with E-state index in [2.05, 4.69) is 10.3 Å².